The van der Waals surface area contributed by atoms with E-state index in [1.54, 1.807) is 0 Å². The SMILES string of the molecule is Cc1ccc(N(c2ccc(C)cc2)c2ccc(-c3ccc(-c4cc5c(cc4-c4ccncc4)-c4ccc(-c6cccc(C#N)c6)cc4C54C5CC6CC(C5)CC4C6)cc3)cc2)cc1. The van der Waals surface area contributed by atoms with E-state index in [9.17, 15) is 5.26 Å². The minimum atomic E-state index is -0.0147. The molecule has 4 bridgehead atoms. The smallest absolute Gasteiger partial charge is 0.0991 e. The van der Waals surface area contributed by atoms with Crippen LogP contribution in [-0.2, 0) is 5.41 Å². The minimum absolute atomic E-state index is 0.0147. The van der Waals surface area contributed by atoms with Gasteiger partial charge in [-0.05, 0) is 215 Å². The second kappa shape index (κ2) is 14.8. The number of hydrogen-bond donors (Lipinski definition) is 0. The number of pyridine rings is 1. The topological polar surface area (TPSA) is 39.9 Å². The van der Waals surface area contributed by atoms with Crippen molar-refractivity contribution >= 4 is 17.1 Å². The van der Waals surface area contributed by atoms with Crippen molar-refractivity contribution in [3.8, 4) is 61.7 Å². The minimum Gasteiger partial charge on any atom is -0.311 e. The van der Waals surface area contributed by atoms with Crippen LogP contribution in [0.1, 0.15) is 59.9 Å². The predicted octanol–water partition coefficient (Wildman–Crippen LogP) is 15.4. The lowest BCUT2D eigenvalue weighted by Crippen LogP contribution is -2.55. The van der Waals surface area contributed by atoms with Crippen molar-refractivity contribution in [1.29, 1.82) is 5.26 Å². The first kappa shape index (κ1) is 37.7. The molecule has 3 heteroatoms. The molecule has 63 heavy (non-hydrogen) atoms. The third-order valence-corrected chi connectivity index (χ3v) is 15.3. The molecule has 0 N–H and O–H groups in total. The molecule has 13 rings (SSSR count). The molecular formula is C60H49N3. The molecule has 0 atom stereocenters. The van der Waals surface area contributed by atoms with Gasteiger partial charge in [0.2, 0.25) is 0 Å². The van der Waals surface area contributed by atoms with Gasteiger partial charge in [0.1, 0.15) is 0 Å². The third kappa shape index (κ3) is 6.18. The average molecular weight is 812 g/mol. The Labute approximate surface area is 371 Å². The molecule has 304 valence electrons. The van der Waals surface area contributed by atoms with E-state index in [-0.39, 0.29) is 5.41 Å². The van der Waals surface area contributed by atoms with Gasteiger partial charge < -0.3 is 4.90 Å². The summed E-state index contributed by atoms with van der Waals surface area (Å²) in [6, 6.07) is 63.1. The van der Waals surface area contributed by atoms with Gasteiger partial charge in [0.15, 0.2) is 0 Å². The van der Waals surface area contributed by atoms with Gasteiger partial charge in [0.05, 0.1) is 11.6 Å². The van der Waals surface area contributed by atoms with Gasteiger partial charge in [-0.2, -0.15) is 5.26 Å². The quantitative estimate of drug-likeness (QED) is 0.161. The molecule has 8 aromatic rings. The summed E-state index contributed by atoms with van der Waals surface area (Å²) in [5.74, 6) is 2.97. The van der Waals surface area contributed by atoms with Gasteiger partial charge >= 0.3 is 0 Å². The van der Waals surface area contributed by atoms with E-state index in [0.29, 0.717) is 17.4 Å². The second-order valence-electron chi connectivity index (χ2n) is 18.9. The summed E-state index contributed by atoms with van der Waals surface area (Å²) in [5.41, 5.74) is 22.1. The first-order valence-electron chi connectivity index (χ1n) is 22.8. The Morgan fingerprint density at radius 2 is 0.952 bits per heavy atom. The first-order chi connectivity index (χ1) is 30.9. The fraction of sp³-hybridized carbons (Fsp3) is 0.200. The van der Waals surface area contributed by atoms with Gasteiger partial charge in [-0.3, -0.25) is 4.98 Å². The standard InChI is InChI=1S/C60H49N3/c1-38-6-17-51(18-7-38)63(52-19-8-39(2)9-20-52)53-21-14-44(15-22-53)43-10-12-45(13-11-43)56-36-59-57(35-55(56)46-24-26-62-27-25-46)54-23-16-48(47-5-3-4-40(29-47)37-61)34-58(54)60(59)49-30-41-28-42(32-49)33-50(60)31-41/h3-27,29,34-36,41-42,49-50H,28,30-33H2,1-2H3. The van der Waals surface area contributed by atoms with Crippen molar-refractivity contribution in [2.45, 2.75) is 51.4 Å². The monoisotopic (exact) mass is 811 g/mol. The van der Waals surface area contributed by atoms with Crippen LogP contribution in [-0.4, -0.2) is 4.98 Å². The molecule has 5 aliphatic rings. The van der Waals surface area contributed by atoms with Crippen LogP contribution >= 0.6 is 0 Å². The molecule has 4 fully saturated rings. The summed E-state index contributed by atoms with van der Waals surface area (Å²) in [5, 5.41) is 9.79. The molecule has 0 radical (unpaired) electrons. The highest BCUT2D eigenvalue weighted by Crippen LogP contribution is 2.70. The maximum atomic E-state index is 9.79. The number of anilines is 3. The van der Waals surface area contributed by atoms with Crippen LogP contribution in [0.25, 0.3) is 55.6 Å². The van der Waals surface area contributed by atoms with E-state index in [1.165, 1.54) is 104 Å². The maximum Gasteiger partial charge on any atom is 0.0991 e. The van der Waals surface area contributed by atoms with Crippen LogP contribution in [0.15, 0.2) is 176 Å². The number of nitrogens with zero attached hydrogens (tertiary/aromatic N) is 3. The number of fused-ring (bicyclic) bond motifs is 3. The van der Waals surface area contributed by atoms with E-state index in [0.717, 1.165) is 34.5 Å². The van der Waals surface area contributed by atoms with Crippen LogP contribution in [0.4, 0.5) is 17.1 Å². The number of aryl methyl sites for hydroxylation is 2. The zero-order valence-electron chi connectivity index (χ0n) is 35.9. The lowest BCUT2D eigenvalue weighted by Gasteiger charge is -2.61. The van der Waals surface area contributed by atoms with Crippen molar-refractivity contribution < 1.29 is 0 Å². The number of hydrogen-bond acceptors (Lipinski definition) is 3. The molecule has 0 amide bonds. The Balaban J connectivity index is 0.959. The molecule has 5 aliphatic carbocycles. The van der Waals surface area contributed by atoms with E-state index in [1.807, 2.05) is 24.5 Å². The second-order valence-corrected chi connectivity index (χ2v) is 18.9. The summed E-state index contributed by atoms with van der Waals surface area (Å²) >= 11 is 0. The summed E-state index contributed by atoms with van der Waals surface area (Å²) in [4.78, 5) is 6.77. The van der Waals surface area contributed by atoms with Crippen LogP contribution in [0.5, 0.6) is 0 Å². The predicted molar refractivity (Wildman–Crippen MR) is 258 cm³/mol. The summed E-state index contributed by atoms with van der Waals surface area (Å²) in [6.07, 6.45) is 10.6. The Hall–Kier alpha value is -7.02. The molecule has 0 aliphatic heterocycles. The van der Waals surface area contributed by atoms with Crippen molar-refractivity contribution in [3.05, 3.63) is 204 Å². The zero-order valence-corrected chi connectivity index (χ0v) is 35.9. The number of benzene rings is 7. The number of aromatic nitrogens is 1. The average Bonchev–Trinajstić information content (AvgIpc) is 3.61. The third-order valence-electron chi connectivity index (χ3n) is 15.3. The van der Waals surface area contributed by atoms with E-state index < -0.39 is 0 Å². The van der Waals surface area contributed by atoms with Gasteiger partial charge in [-0.25, -0.2) is 0 Å². The highest BCUT2D eigenvalue weighted by atomic mass is 15.1. The van der Waals surface area contributed by atoms with Crippen molar-refractivity contribution in [2.24, 2.45) is 23.7 Å². The molecular weight excluding hydrogens is 763 g/mol. The Morgan fingerprint density at radius 1 is 0.460 bits per heavy atom. The van der Waals surface area contributed by atoms with E-state index in [2.05, 4.69) is 181 Å². The van der Waals surface area contributed by atoms with Gasteiger partial charge in [-0.1, -0.05) is 96.1 Å². The largest absolute Gasteiger partial charge is 0.311 e. The maximum absolute atomic E-state index is 9.79. The lowest BCUT2D eigenvalue weighted by molar-refractivity contribution is -0.0399. The highest BCUT2D eigenvalue weighted by molar-refractivity contribution is 5.94. The fourth-order valence-corrected chi connectivity index (χ4v) is 12.7. The molecule has 4 saturated carbocycles. The van der Waals surface area contributed by atoms with E-state index >= 15 is 0 Å². The van der Waals surface area contributed by atoms with Crippen molar-refractivity contribution in [2.75, 3.05) is 4.90 Å². The lowest BCUT2D eigenvalue weighted by atomic mass is 9.43. The van der Waals surface area contributed by atoms with Gasteiger partial charge in [-0.15, -0.1) is 0 Å². The van der Waals surface area contributed by atoms with Crippen LogP contribution in [0.2, 0.25) is 0 Å². The Kier molecular flexibility index (Phi) is 8.87. The van der Waals surface area contributed by atoms with Crippen LogP contribution in [0, 0.1) is 48.9 Å². The molecule has 1 spiro atoms. The number of nitriles is 1. The molecule has 1 heterocycles. The van der Waals surface area contributed by atoms with E-state index in [4.69, 9.17) is 0 Å². The Bertz CT molecular complexity index is 2990. The highest BCUT2D eigenvalue weighted by Gasteiger charge is 2.61. The summed E-state index contributed by atoms with van der Waals surface area (Å²) in [7, 11) is 0. The normalized spacial score (nSPS) is 21.2. The van der Waals surface area contributed by atoms with Crippen molar-refractivity contribution in [1.82, 2.24) is 4.98 Å². The molecule has 3 nitrogen and oxygen atoms in total. The molecule has 1 aromatic heterocycles. The fourth-order valence-electron chi connectivity index (χ4n) is 12.7. The summed E-state index contributed by atoms with van der Waals surface area (Å²) in [6.45, 7) is 4.27. The number of rotatable bonds is 7. The van der Waals surface area contributed by atoms with Gasteiger partial charge in [0, 0.05) is 34.9 Å². The Morgan fingerprint density at radius 3 is 1.56 bits per heavy atom. The van der Waals surface area contributed by atoms with Crippen LogP contribution < -0.4 is 4.90 Å². The van der Waals surface area contributed by atoms with Crippen molar-refractivity contribution in [3.63, 3.8) is 0 Å². The molecule has 0 unspecified atom stereocenters. The molecule has 0 saturated heterocycles. The zero-order chi connectivity index (χ0) is 42.2. The van der Waals surface area contributed by atoms with Gasteiger partial charge in [0.25, 0.3) is 0 Å². The summed E-state index contributed by atoms with van der Waals surface area (Å²) < 4.78 is 0. The molecule has 7 aromatic carbocycles. The first-order valence-corrected chi connectivity index (χ1v) is 22.8. The van der Waals surface area contributed by atoms with Crippen LogP contribution in [0.3, 0.4) is 0 Å².